The average molecular weight is 460 g/mol. The third-order valence-corrected chi connectivity index (χ3v) is 6.28. The fourth-order valence-electron chi connectivity index (χ4n) is 3.45. The Hall–Kier alpha value is -3.13. The highest BCUT2D eigenvalue weighted by atomic mass is 32.1. The van der Waals surface area contributed by atoms with Gasteiger partial charge in [-0.25, -0.2) is 4.79 Å². The molecule has 170 valence electrons. The molecule has 1 aliphatic rings. The summed E-state index contributed by atoms with van der Waals surface area (Å²) in [6.45, 7) is -0.233. The lowest BCUT2D eigenvalue weighted by molar-refractivity contribution is -0.111. The largest absolute Gasteiger partial charge is 0.465 e. The van der Waals surface area contributed by atoms with Gasteiger partial charge >= 0.3 is 6.09 Å². The summed E-state index contributed by atoms with van der Waals surface area (Å²) >= 11 is 1.37. The number of hydrogen-bond acceptors (Lipinski definition) is 8. The molecule has 3 N–H and O–H groups in total. The molecule has 0 saturated carbocycles. The molecule has 2 atom stereocenters. The van der Waals surface area contributed by atoms with Gasteiger partial charge in [-0.1, -0.05) is 0 Å². The number of ether oxygens (including phenoxy) is 1. The first-order valence-corrected chi connectivity index (χ1v) is 11.0. The van der Waals surface area contributed by atoms with Crippen LogP contribution in [0.2, 0.25) is 0 Å². The van der Waals surface area contributed by atoms with Crippen molar-refractivity contribution < 1.29 is 29.0 Å². The van der Waals surface area contributed by atoms with E-state index in [-0.39, 0.29) is 25.0 Å². The highest BCUT2D eigenvalue weighted by molar-refractivity contribution is 7.16. The van der Waals surface area contributed by atoms with E-state index in [9.17, 15) is 20.0 Å². The van der Waals surface area contributed by atoms with Gasteiger partial charge in [0.15, 0.2) is 0 Å². The van der Waals surface area contributed by atoms with E-state index < -0.39 is 18.8 Å². The molecule has 2 aromatic heterocycles. The van der Waals surface area contributed by atoms with Gasteiger partial charge in [-0.2, -0.15) is 5.26 Å². The van der Waals surface area contributed by atoms with Crippen molar-refractivity contribution in [3.63, 3.8) is 0 Å². The van der Waals surface area contributed by atoms with E-state index in [0.29, 0.717) is 29.2 Å². The van der Waals surface area contributed by atoms with Crippen LogP contribution in [-0.2, 0) is 22.4 Å². The van der Waals surface area contributed by atoms with Crippen molar-refractivity contribution in [3.8, 4) is 6.07 Å². The molecule has 0 bridgehead atoms. The number of rotatable bonds is 8. The lowest BCUT2D eigenvalue weighted by Crippen LogP contribution is -2.37. The normalized spacial score (nSPS) is 16.2. The summed E-state index contributed by atoms with van der Waals surface area (Å²) in [6, 6.07) is 5.65. The number of fused-ring (bicyclic) bond motifs is 1. The Morgan fingerprint density at radius 3 is 3.03 bits per heavy atom. The predicted molar refractivity (Wildman–Crippen MR) is 118 cm³/mol. The smallest absolute Gasteiger partial charge is 0.409 e. The van der Waals surface area contributed by atoms with Crippen LogP contribution in [-0.4, -0.2) is 60.0 Å². The van der Waals surface area contributed by atoms with Crippen LogP contribution in [0.15, 0.2) is 28.9 Å². The summed E-state index contributed by atoms with van der Waals surface area (Å²) in [6.07, 6.45) is 4.90. The molecule has 1 aliphatic carbocycles. The van der Waals surface area contributed by atoms with Crippen LogP contribution in [0.5, 0.6) is 0 Å². The number of carbonyl (C=O) groups excluding carboxylic acids is 2. The number of carbonyl (C=O) groups is 2. The van der Waals surface area contributed by atoms with Gasteiger partial charge in [0.1, 0.15) is 16.8 Å². The second kappa shape index (κ2) is 10.9. The summed E-state index contributed by atoms with van der Waals surface area (Å²) in [5.74, 6) is 0.297. The van der Waals surface area contributed by atoms with E-state index in [2.05, 4.69) is 11.4 Å². The van der Waals surface area contributed by atoms with Crippen molar-refractivity contribution >= 4 is 34.4 Å². The molecule has 9 nitrogen and oxygen atoms in total. The molecule has 2 heterocycles. The van der Waals surface area contributed by atoms with Crippen molar-refractivity contribution in [2.45, 2.75) is 25.4 Å². The van der Waals surface area contributed by atoms with E-state index in [0.717, 1.165) is 16.9 Å². The summed E-state index contributed by atoms with van der Waals surface area (Å²) in [7, 11) is 1.49. The zero-order valence-corrected chi connectivity index (χ0v) is 18.4. The van der Waals surface area contributed by atoms with Gasteiger partial charge in [0.05, 0.1) is 37.7 Å². The van der Waals surface area contributed by atoms with E-state index in [1.807, 2.05) is 0 Å². The Morgan fingerprint density at radius 1 is 1.53 bits per heavy atom. The summed E-state index contributed by atoms with van der Waals surface area (Å²) in [4.78, 5) is 26.5. The number of aliphatic hydroxyl groups excluding tert-OH is 2. The van der Waals surface area contributed by atoms with Crippen LogP contribution in [0.1, 0.15) is 28.2 Å². The minimum atomic E-state index is -1.01. The SMILES string of the molecule is CN(CC(O)CO)C(=O)OCC1CCc2c(sc(NC(=O)/C=C/c3ccco3)c2C#N)C1. The molecule has 2 unspecified atom stereocenters. The number of nitrogens with zero attached hydrogens (tertiary/aromatic N) is 2. The second-order valence-corrected chi connectivity index (χ2v) is 8.67. The summed E-state index contributed by atoms with van der Waals surface area (Å²) < 4.78 is 10.5. The van der Waals surface area contributed by atoms with Gasteiger partial charge in [0, 0.05) is 18.0 Å². The standard InChI is InChI=1S/C22H25N3O6S/c1-25(11-15(27)12-26)22(29)31-13-14-4-6-17-18(10-23)21(32-19(17)9-14)24-20(28)7-5-16-3-2-8-30-16/h2-3,5,7-8,14-15,26-27H,4,6,9,11-13H2,1H3,(H,24,28)/b7-5+. The fourth-order valence-corrected chi connectivity index (χ4v) is 4.76. The summed E-state index contributed by atoms with van der Waals surface area (Å²) in [5, 5.41) is 31.2. The molecule has 0 aliphatic heterocycles. The monoisotopic (exact) mass is 459 g/mol. The minimum absolute atomic E-state index is 0.0158. The Morgan fingerprint density at radius 2 is 2.34 bits per heavy atom. The number of nitriles is 1. The molecule has 0 aromatic carbocycles. The third kappa shape index (κ3) is 5.97. The first-order chi connectivity index (χ1) is 15.4. The maximum atomic E-state index is 12.3. The van der Waals surface area contributed by atoms with Crippen molar-refractivity contribution in [1.82, 2.24) is 4.90 Å². The van der Waals surface area contributed by atoms with Crippen molar-refractivity contribution in [2.24, 2.45) is 5.92 Å². The first-order valence-electron chi connectivity index (χ1n) is 10.1. The molecular formula is C22H25N3O6S. The molecular weight excluding hydrogens is 434 g/mol. The number of likely N-dealkylation sites (N-methyl/N-ethyl adjacent to an activating group) is 1. The van der Waals surface area contributed by atoms with Crippen molar-refractivity contribution in [1.29, 1.82) is 5.26 Å². The van der Waals surface area contributed by atoms with Gasteiger partial charge in [0.25, 0.3) is 0 Å². The third-order valence-electron chi connectivity index (χ3n) is 5.11. The minimum Gasteiger partial charge on any atom is -0.465 e. The van der Waals surface area contributed by atoms with Crippen LogP contribution >= 0.6 is 11.3 Å². The lowest BCUT2D eigenvalue weighted by atomic mass is 9.88. The summed E-state index contributed by atoms with van der Waals surface area (Å²) in [5.41, 5.74) is 1.42. The quantitative estimate of drug-likeness (QED) is 0.516. The van der Waals surface area contributed by atoms with Crippen LogP contribution in [0.3, 0.4) is 0 Å². The Bertz CT molecular complexity index is 1010. The number of thiophene rings is 1. The Kier molecular flexibility index (Phi) is 8.05. The number of furan rings is 1. The molecule has 10 heteroatoms. The molecule has 0 radical (unpaired) electrons. The highest BCUT2D eigenvalue weighted by Gasteiger charge is 2.27. The zero-order valence-electron chi connectivity index (χ0n) is 17.6. The second-order valence-electron chi connectivity index (χ2n) is 7.56. The predicted octanol–water partition coefficient (Wildman–Crippen LogP) is 2.39. The maximum absolute atomic E-state index is 12.3. The topological polar surface area (TPSA) is 136 Å². The number of anilines is 1. The number of nitrogens with one attached hydrogen (secondary N) is 1. The number of hydrogen-bond donors (Lipinski definition) is 3. The molecule has 32 heavy (non-hydrogen) atoms. The molecule has 2 aromatic rings. The first kappa shape index (κ1) is 23.5. The highest BCUT2D eigenvalue weighted by Crippen LogP contribution is 2.39. The van der Waals surface area contributed by atoms with E-state index >= 15 is 0 Å². The Balaban J connectivity index is 1.58. The maximum Gasteiger partial charge on any atom is 0.409 e. The van der Waals surface area contributed by atoms with Gasteiger partial charge in [0.2, 0.25) is 5.91 Å². The molecule has 3 rings (SSSR count). The van der Waals surface area contributed by atoms with Crippen LogP contribution < -0.4 is 5.32 Å². The van der Waals surface area contributed by atoms with Crippen LogP contribution in [0.4, 0.5) is 9.80 Å². The molecule has 2 amide bonds. The lowest BCUT2D eigenvalue weighted by Gasteiger charge is -2.24. The molecule has 0 saturated heterocycles. The van der Waals surface area contributed by atoms with Crippen LogP contribution in [0.25, 0.3) is 6.08 Å². The van der Waals surface area contributed by atoms with Gasteiger partial charge in [-0.05, 0) is 49.0 Å². The van der Waals surface area contributed by atoms with Gasteiger partial charge < -0.3 is 29.6 Å². The van der Waals surface area contributed by atoms with E-state index in [1.165, 1.54) is 35.6 Å². The average Bonchev–Trinajstić information content (AvgIpc) is 3.42. The van der Waals surface area contributed by atoms with Crippen molar-refractivity contribution in [3.05, 3.63) is 46.2 Å². The van der Waals surface area contributed by atoms with E-state index in [4.69, 9.17) is 14.3 Å². The van der Waals surface area contributed by atoms with Crippen LogP contribution in [0, 0.1) is 17.2 Å². The van der Waals surface area contributed by atoms with Gasteiger partial charge in [-0.3, -0.25) is 4.79 Å². The van der Waals surface area contributed by atoms with E-state index in [1.54, 1.807) is 18.2 Å². The fraction of sp³-hybridized carbons (Fsp3) is 0.409. The number of aliphatic hydroxyl groups is 2. The zero-order chi connectivity index (χ0) is 23.1. The number of amides is 2. The van der Waals surface area contributed by atoms with Gasteiger partial charge in [-0.15, -0.1) is 11.3 Å². The van der Waals surface area contributed by atoms with Crippen molar-refractivity contribution in [2.75, 3.05) is 32.1 Å². The molecule has 0 fully saturated rings. The molecule has 0 spiro atoms. The Labute approximate surface area is 189 Å².